The Morgan fingerprint density at radius 2 is 1.16 bits per heavy atom. The number of carbonyl (C=O) groups excluding carboxylic acids is 3. The van der Waals surface area contributed by atoms with Gasteiger partial charge in [0.15, 0.2) is 11.2 Å². The number of hydrogen-bond acceptors (Lipinski definition) is 18. The van der Waals surface area contributed by atoms with Crippen LogP contribution in [0.1, 0.15) is 80.3 Å². The van der Waals surface area contributed by atoms with Crippen LogP contribution >= 0.6 is 24.2 Å². The minimum absolute atomic E-state index is 0.0857. The normalized spacial score (nSPS) is 14.8. The maximum absolute atomic E-state index is 12.4. The van der Waals surface area contributed by atoms with Crippen molar-refractivity contribution >= 4 is 76.9 Å². The van der Waals surface area contributed by atoms with Crippen LogP contribution in [0.2, 0.25) is 5.02 Å². The predicted molar refractivity (Wildman–Crippen MR) is 344 cm³/mol. The quantitative estimate of drug-likeness (QED) is 0.0854. The van der Waals surface area contributed by atoms with Crippen molar-refractivity contribution in [2.24, 2.45) is 0 Å². The van der Waals surface area contributed by atoms with Crippen LogP contribution in [0.4, 0.5) is 4.79 Å². The first kappa shape index (κ1) is 66.2. The molecule has 0 bridgehead atoms. The number of methoxy groups -OCH3 is 2. The molecule has 3 aliphatic heterocycles. The fourth-order valence-corrected chi connectivity index (χ4v) is 9.55. The van der Waals surface area contributed by atoms with Gasteiger partial charge >= 0.3 is 13.2 Å². The molecule has 1 N–H and O–H groups in total. The van der Waals surface area contributed by atoms with E-state index in [1.54, 1.807) is 127 Å². The molecule has 3 amide bonds. The number of nitrogens with zero attached hydrogens (tertiary/aromatic N) is 7. The Hall–Kier alpha value is -8.77. The lowest BCUT2D eigenvalue weighted by Crippen LogP contribution is -2.57. The molecule has 3 fully saturated rings. The molecule has 20 nitrogen and oxygen atoms in total. The number of halogens is 1. The highest BCUT2D eigenvalue weighted by atomic mass is 35.5. The van der Waals surface area contributed by atoms with Crippen molar-refractivity contribution in [3.8, 4) is 68.9 Å². The lowest BCUT2D eigenvalue weighted by atomic mass is 9.78. The van der Waals surface area contributed by atoms with Gasteiger partial charge in [-0.05, 0) is 139 Å². The summed E-state index contributed by atoms with van der Waals surface area (Å²) in [5, 5.41) is 22.9. The molecular weight excluding hydrogens is 1180 g/mol. The first-order chi connectivity index (χ1) is 42.3. The van der Waals surface area contributed by atoms with E-state index >= 15 is 0 Å². The smallest absolute Gasteiger partial charge is 0.494 e. The van der Waals surface area contributed by atoms with Gasteiger partial charge in [0.05, 0.1) is 65.8 Å². The van der Waals surface area contributed by atoms with Gasteiger partial charge in [-0.3, -0.25) is 19.6 Å². The molecule has 3 aliphatic rings. The molecule has 23 heteroatoms. The average Bonchev–Trinajstić information content (AvgIpc) is 1.72. The van der Waals surface area contributed by atoms with E-state index in [2.05, 4.69) is 40.1 Å². The number of fused-ring (bicyclic) bond motifs is 2. The Kier molecular flexibility index (Phi) is 20.6. The van der Waals surface area contributed by atoms with Gasteiger partial charge in [-0.15, -0.1) is 0 Å². The summed E-state index contributed by atoms with van der Waals surface area (Å²) in [6.45, 7) is 15.9. The number of hydrogen-bond donors (Lipinski definition) is 2. The van der Waals surface area contributed by atoms with E-state index in [1.807, 2.05) is 84.9 Å². The van der Waals surface area contributed by atoms with Gasteiger partial charge < -0.3 is 61.8 Å². The molecule has 11 rings (SSSR count). The topological polar surface area (TPSA) is 237 Å². The first-order valence-corrected chi connectivity index (χ1v) is 29.7. The number of carbonyl (C=O) groups is 3. The van der Waals surface area contributed by atoms with Gasteiger partial charge in [-0.25, -0.2) is 4.79 Å². The van der Waals surface area contributed by atoms with Crippen LogP contribution in [0.15, 0.2) is 118 Å². The third-order valence-corrected chi connectivity index (χ3v) is 15.2. The average molecular weight is 1250 g/mol. The molecule has 8 aromatic rings. The number of amides is 3. The summed E-state index contributed by atoms with van der Waals surface area (Å²) in [5.41, 5.74) is 6.85. The highest BCUT2D eigenvalue weighted by Gasteiger charge is 2.52. The van der Waals surface area contributed by atoms with Crippen molar-refractivity contribution in [1.29, 1.82) is 10.5 Å². The van der Waals surface area contributed by atoms with E-state index in [4.69, 9.17) is 53.4 Å². The molecule has 0 radical (unpaired) electrons. The first-order valence-electron chi connectivity index (χ1n) is 28.4. The number of furan rings is 2. The van der Waals surface area contributed by atoms with E-state index in [-0.39, 0.29) is 30.1 Å². The zero-order chi connectivity index (χ0) is 64.7. The van der Waals surface area contributed by atoms with Gasteiger partial charge in [0.2, 0.25) is 0 Å². The van der Waals surface area contributed by atoms with Gasteiger partial charge in [-0.1, -0.05) is 23.7 Å². The van der Waals surface area contributed by atoms with E-state index in [9.17, 15) is 24.9 Å². The summed E-state index contributed by atoms with van der Waals surface area (Å²) < 4.78 is 52.3. The fourth-order valence-electron chi connectivity index (χ4n) is 9.35. The van der Waals surface area contributed by atoms with Crippen molar-refractivity contribution in [3.05, 3.63) is 137 Å². The number of ether oxygens (including phenoxy) is 5. The number of rotatable bonds is 12. The van der Waals surface area contributed by atoms with E-state index in [1.165, 1.54) is 9.80 Å². The maximum Gasteiger partial charge on any atom is 0.494 e. The lowest BCUT2D eigenvalue weighted by molar-refractivity contribution is -0.0222. The molecule has 89 heavy (non-hydrogen) atoms. The molecule has 0 unspecified atom stereocenters. The summed E-state index contributed by atoms with van der Waals surface area (Å²) in [5.74, 6) is 3.08. The van der Waals surface area contributed by atoms with Crippen LogP contribution in [0.25, 0.3) is 56.0 Å². The summed E-state index contributed by atoms with van der Waals surface area (Å²) in [4.78, 5) is 49.8. The fraction of sp³-hybridized carbons (Fsp3) is 0.348. The molecule has 4 aromatic carbocycles. The van der Waals surface area contributed by atoms with Gasteiger partial charge in [0, 0.05) is 82.5 Å². The van der Waals surface area contributed by atoms with Crippen LogP contribution in [-0.2, 0) is 14.0 Å². The Morgan fingerprint density at radius 3 is 1.64 bits per heavy atom. The maximum atomic E-state index is 12.4. The van der Waals surface area contributed by atoms with Gasteiger partial charge in [0.25, 0.3) is 11.8 Å². The number of aromatic nitrogens is 2. The van der Waals surface area contributed by atoms with Crippen LogP contribution < -0.4 is 29.7 Å². The molecule has 7 heterocycles. The Labute approximate surface area is 529 Å². The monoisotopic (exact) mass is 1250 g/mol. The second-order valence-corrected chi connectivity index (χ2v) is 23.7. The lowest BCUT2D eigenvalue weighted by Gasteiger charge is -2.39. The highest BCUT2D eigenvalue weighted by Crippen LogP contribution is 2.41. The molecule has 0 atom stereocenters. The van der Waals surface area contributed by atoms with E-state index < -0.39 is 23.9 Å². The zero-order valence-electron chi connectivity index (χ0n) is 52.3. The Morgan fingerprint density at radius 1 is 0.663 bits per heavy atom. The number of benzene rings is 4. The number of nitrogens with one attached hydrogen (secondary N) is 1. The molecule has 0 saturated carbocycles. The second kappa shape index (κ2) is 27.7. The second-order valence-electron chi connectivity index (χ2n) is 23.3. The van der Waals surface area contributed by atoms with Crippen molar-refractivity contribution < 1.29 is 56.2 Å². The molecule has 0 spiro atoms. The van der Waals surface area contributed by atoms with Crippen LogP contribution in [0, 0.1) is 22.7 Å². The summed E-state index contributed by atoms with van der Waals surface area (Å²) >= 11 is 9.65. The van der Waals surface area contributed by atoms with E-state index in [0.717, 1.165) is 35.2 Å². The Bertz CT molecular complexity index is 3970. The number of likely N-dealkylation sites (tertiary alicyclic amines) is 1. The van der Waals surface area contributed by atoms with Crippen molar-refractivity contribution in [2.75, 3.05) is 74.8 Å². The van der Waals surface area contributed by atoms with Gasteiger partial charge in [0.1, 0.15) is 75.5 Å². The standard InChI is InChI=1S/C27H24N4O4.C21H29BN2O5.C17H15ClN2O3.CH4S/c1-31(2)27(32)17-4-6-21(24(11-17)33-3)25-12-22-26(35-25)20(8-9-30-22)16-5-7-23(18(10-16)13-28)34-19-14-29-15-19;1-19(2,3)27-18(25)24-12-16(13-24)26-17-9-8-15(10-14(17)11-23)22-28-20(4,5)21(6,7)29-22;1-20(2)17(21)10-4-5-11(14(8-10)22-3)15-9-13-16(23-15)12(18)6-7-19-13;1-2/h4-12,19,29H,14-15H2,1-3H3;8-10,16H,12-13H2,1-7H3;4-9H,1-3H3;2H,1H3. The minimum atomic E-state index is -0.535. The molecule has 0 aliphatic carbocycles. The summed E-state index contributed by atoms with van der Waals surface area (Å²) in [6.07, 6.45) is 4.60. The van der Waals surface area contributed by atoms with Crippen molar-refractivity contribution in [1.82, 2.24) is 30.0 Å². The van der Waals surface area contributed by atoms with Crippen LogP contribution in [0.3, 0.4) is 0 Å². The zero-order valence-corrected chi connectivity index (χ0v) is 54.0. The van der Waals surface area contributed by atoms with Crippen molar-refractivity contribution in [3.63, 3.8) is 0 Å². The third kappa shape index (κ3) is 15.0. The number of nitriles is 2. The highest BCUT2D eigenvalue weighted by molar-refractivity contribution is 7.79. The van der Waals surface area contributed by atoms with E-state index in [0.29, 0.717) is 103 Å². The molecular formula is C66H72BClN8O12S. The van der Waals surface area contributed by atoms with Crippen molar-refractivity contribution in [2.45, 2.75) is 77.5 Å². The largest absolute Gasteiger partial charge is 0.496 e. The summed E-state index contributed by atoms with van der Waals surface area (Å²) in [6, 6.07) is 33.0. The van der Waals surface area contributed by atoms with Gasteiger partial charge in [-0.2, -0.15) is 23.2 Å². The number of thiol groups is 1. The molecule has 4 aromatic heterocycles. The third-order valence-electron chi connectivity index (χ3n) is 14.9. The predicted octanol–water partition coefficient (Wildman–Crippen LogP) is 11.4. The Balaban J connectivity index is 0.000000174. The van der Waals surface area contributed by atoms with Crippen LogP contribution in [-0.4, -0.2) is 154 Å². The molecule has 3 saturated heterocycles. The minimum Gasteiger partial charge on any atom is -0.496 e. The SMILES string of the molecule is CC(C)(C)OC(=O)N1CC(Oc2ccc(B3OC(C)(C)C(C)(C)O3)cc2C#N)C1.COc1cc(C(=O)N(C)C)ccc1-c1cc2nccc(-c3ccc(OC4CNC4)c(C#N)c3)c2o1.COc1cc(C(=O)N(C)C)ccc1-c1cc2nccc(Cl)c2o1.CS. The summed E-state index contributed by atoms with van der Waals surface area (Å²) in [7, 11) is 9.39. The van der Waals surface area contributed by atoms with Crippen LogP contribution in [0.5, 0.6) is 23.0 Å². The number of pyridine rings is 2. The molecule has 464 valence electrons.